The van der Waals surface area contributed by atoms with E-state index in [1.807, 2.05) is 12.1 Å². The summed E-state index contributed by atoms with van der Waals surface area (Å²) >= 11 is 0. The second-order valence-electron chi connectivity index (χ2n) is 15.7. The minimum atomic E-state index is 0.911. The molecule has 0 bridgehead atoms. The van der Waals surface area contributed by atoms with Gasteiger partial charge in [0.25, 0.3) is 0 Å². The summed E-state index contributed by atoms with van der Waals surface area (Å²) in [6.07, 6.45) is 0. The number of aromatic nitrogens is 1. The van der Waals surface area contributed by atoms with Gasteiger partial charge < -0.3 is 13.9 Å². The van der Waals surface area contributed by atoms with Gasteiger partial charge in [-0.2, -0.15) is 0 Å². The van der Waals surface area contributed by atoms with Gasteiger partial charge in [0.05, 0.1) is 22.4 Å². The third-order valence-corrected chi connectivity index (χ3v) is 12.2. The molecular weight excluding hydrogens is 741 g/mol. The highest BCUT2D eigenvalue weighted by atomic mass is 16.3. The van der Waals surface area contributed by atoms with Crippen molar-refractivity contribution in [3.8, 4) is 39.1 Å². The third-order valence-electron chi connectivity index (χ3n) is 12.2. The SMILES string of the molecule is c1ccc(N(c2ccc(-c3ccc(-c4cccc5c4oc4ccccc45)cc3)cc2)c2ccc3ccccc3c2)c(-c2ccccc2-n2c3ccccc3c3ccccc32)c1. The van der Waals surface area contributed by atoms with E-state index in [2.05, 4.69) is 228 Å². The van der Waals surface area contributed by atoms with Crippen LogP contribution in [0.2, 0.25) is 0 Å². The van der Waals surface area contributed by atoms with Crippen molar-refractivity contribution in [2.24, 2.45) is 0 Å². The molecule has 0 aliphatic heterocycles. The first-order valence-electron chi connectivity index (χ1n) is 20.8. The predicted octanol–water partition coefficient (Wildman–Crippen LogP) is 16.3. The fourth-order valence-electron chi connectivity index (χ4n) is 9.34. The molecule has 0 saturated carbocycles. The normalized spacial score (nSPS) is 11.6. The summed E-state index contributed by atoms with van der Waals surface area (Å²) in [4.78, 5) is 2.41. The Balaban J connectivity index is 0.971. The lowest BCUT2D eigenvalue weighted by atomic mass is 9.98. The van der Waals surface area contributed by atoms with E-state index < -0.39 is 0 Å². The van der Waals surface area contributed by atoms with E-state index >= 15 is 0 Å². The van der Waals surface area contributed by atoms with Gasteiger partial charge >= 0.3 is 0 Å². The van der Waals surface area contributed by atoms with Crippen molar-refractivity contribution < 1.29 is 4.42 Å². The maximum atomic E-state index is 6.38. The first-order valence-corrected chi connectivity index (χ1v) is 20.8. The third kappa shape index (κ3) is 5.82. The van der Waals surface area contributed by atoms with Crippen molar-refractivity contribution >= 4 is 71.6 Å². The second kappa shape index (κ2) is 14.3. The van der Waals surface area contributed by atoms with Crippen LogP contribution in [0.5, 0.6) is 0 Å². The average molecular weight is 779 g/mol. The highest BCUT2D eigenvalue weighted by Crippen LogP contribution is 2.45. The maximum absolute atomic E-state index is 6.38. The minimum Gasteiger partial charge on any atom is -0.455 e. The van der Waals surface area contributed by atoms with Crippen molar-refractivity contribution in [1.82, 2.24) is 4.57 Å². The number of rotatable bonds is 7. The van der Waals surface area contributed by atoms with Gasteiger partial charge in [0.15, 0.2) is 0 Å². The van der Waals surface area contributed by atoms with Gasteiger partial charge in [-0.1, -0.05) is 176 Å². The van der Waals surface area contributed by atoms with E-state index in [1.165, 1.54) is 32.6 Å². The summed E-state index contributed by atoms with van der Waals surface area (Å²) in [5.41, 5.74) is 15.5. The zero-order chi connectivity index (χ0) is 40.3. The standard InChI is InChI=1S/C58H38N2O/c1-2-15-43-38-45(37-34-39(43)14-1)59(44-35-32-41(33-36-44)40-28-30-42(31-29-40)46-21-13-22-52-51-20-7-12-27-57(51)61-58(46)52)53-23-8-3-16-47(53)48-17-4-9-24-54(48)60-55-25-10-5-18-49(55)50-19-6-11-26-56(50)60/h1-38H. The molecule has 0 N–H and O–H groups in total. The maximum Gasteiger partial charge on any atom is 0.143 e. The fraction of sp³-hybridized carbons (Fsp3) is 0. The molecule has 0 unspecified atom stereocenters. The molecule has 10 aromatic carbocycles. The lowest BCUT2D eigenvalue weighted by molar-refractivity contribution is 0.670. The lowest BCUT2D eigenvalue weighted by Gasteiger charge is -2.29. The van der Waals surface area contributed by atoms with Gasteiger partial charge in [0.2, 0.25) is 0 Å². The minimum absolute atomic E-state index is 0.911. The molecule has 0 aliphatic rings. The van der Waals surface area contributed by atoms with E-state index in [0.717, 1.165) is 78.1 Å². The lowest BCUT2D eigenvalue weighted by Crippen LogP contribution is -2.11. The number of hydrogen-bond donors (Lipinski definition) is 0. The average Bonchev–Trinajstić information content (AvgIpc) is 3.88. The molecule has 2 aromatic heterocycles. The van der Waals surface area contributed by atoms with Crippen LogP contribution in [0.25, 0.3) is 93.6 Å². The van der Waals surface area contributed by atoms with E-state index in [4.69, 9.17) is 4.42 Å². The van der Waals surface area contributed by atoms with Crippen molar-refractivity contribution in [2.45, 2.75) is 0 Å². The van der Waals surface area contributed by atoms with Crippen molar-refractivity contribution in [2.75, 3.05) is 4.90 Å². The molecular formula is C58H38N2O. The van der Waals surface area contributed by atoms with E-state index in [1.54, 1.807) is 0 Å². The Morgan fingerprint density at radius 1 is 0.344 bits per heavy atom. The number of furan rings is 1. The van der Waals surface area contributed by atoms with Crippen LogP contribution in [0.1, 0.15) is 0 Å². The number of para-hydroxylation sites is 6. The highest BCUT2D eigenvalue weighted by molar-refractivity contribution is 6.11. The molecule has 286 valence electrons. The molecule has 12 aromatic rings. The molecule has 0 amide bonds. The van der Waals surface area contributed by atoms with E-state index in [-0.39, 0.29) is 0 Å². The Hall–Kier alpha value is -8.14. The first kappa shape index (κ1) is 34.9. The quantitative estimate of drug-likeness (QED) is 0.161. The molecule has 3 nitrogen and oxygen atoms in total. The number of benzene rings is 10. The van der Waals surface area contributed by atoms with E-state index in [0.29, 0.717) is 0 Å². The van der Waals surface area contributed by atoms with Gasteiger partial charge in [-0.05, 0) is 82.1 Å². The van der Waals surface area contributed by atoms with Gasteiger partial charge in [-0.25, -0.2) is 0 Å². The van der Waals surface area contributed by atoms with Gasteiger partial charge in [-0.15, -0.1) is 0 Å². The van der Waals surface area contributed by atoms with Gasteiger partial charge in [-0.3, -0.25) is 0 Å². The van der Waals surface area contributed by atoms with Crippen LogP contribution in [0, 0.1) is 0 Å². The van der Waals surface area contributed by atoms with Crippen LogP contribution in [0.15, 0.2) is 235 Å². The second-order valence-corrected chi connectivity index (χ2v) is 15.7. The largest absolute Gasteiger partial charge is 0.455 e. The fourth-order valence-corrected chi connectivity index (χ4v) is 9.34. The van der Waals surface area contributed by atoms with Crippen molar-refractivity contribution in [1.29, 1.82) is 0 Å². The molecule has 0 spiro atoms. The zero-order valence-corrected chi connectivity index (χ0v) is 33.2. The van der Waals surface area contributed by atoms with Crippen LogP contribution in [-0.2, 0) is 0 Å². The number of hydrogen-bond acceptors (Lipinski definition) is 2. The number of fused-ring (bicyclic) bond motifs is 7. The summed E-state index contributed by atoms with van der Waals surface area (Å²) in [7, 11) is 0. The molecule has 2 heterocycles. The summed E-state index contributed by atoms with van der Waals surface area (Å²) in [6.45, 7) is 0. The predicted molar refractivity (Wildman–Crippen MR) is 257 cm³/mol. The molecule has 0 atom stereocenters. The molecule has 0 saturated heterocycles. The Bertz CT molecular complexity index is 3540. The van der Waals surface area contributed by atoms with Crippen molar-refractivity contribution in [3.63, 3.8) is 0 Å². The zero-order valence-electron chi connectivity index (χ0n) is 33.2. The monoisotopic (exact) mass is 778 g/mol. The van der Waals surface area contributed by atoms with Gasteiger partial charge in [0, 0.05) is 49.6 Å². The summed E-state index contributed by atoms with van der Waals surface area (Å²) < 4.78 is 8.80. The molecule has 3 heteroatoms. The first-order chi connectivity index (χ1) is 30.3. The van der Waals surface area contributed by atoms with Crippen molar-refractivity contribution in [3.05, 3.63) is 231 Å². The van der Waals surface area contributed by atoms with Gasteiger partial charge in [0.1, 0.15) is 11.2 Å². The summed E-state index contributed by atoms with van der Waals surface area (Å²) in [5.74, 6) is 0. The van der Waals surface area contributed by atoms with E-state index in [9.17, 15) is 0 Å². The molecule has 0 fully saturated rings. The smallest absolute Gasteiger partial charge is 0.143 e. The van der Waals surface area contributed by atoms with Crippen LogP contribution in [0.3, 0.4) is 0 Å². The van der Waals surface area contributed by atoms with Crippen LogP contribution in [0.4, 0.5) is 17.1 Å². The Labute approximate surface area is 353 Å². The highest BCUT2D eigenvalue weighted by Gasteiger charge is 2.21. The van der Waals surface area contributed by atoms with Crippen LogP contribution >= 0.6 is 0 Å². The topological polar surface area (TPSA) is 21.3 Å². The Morgan fingerprint density at radius 3 is 1.66 bits per heavy atom. The molecule has 0 radical (unpaired) electrons. The Kier molecular flexibility index (Phi) is 8.17. The molecule has 61 heavy (non-hydrogen) atoms. The number of anilines is 3. The molecule has 12 rings (SSSR count). The molecule has 0 aliphatic carbocycles. The van der Waals surface area contributed by atoms with Crippen LogP contribution in [-0.4, -0.2) is 4.57 Å². The summed E-state index contributed by atoms with van der Waals surface area (Å²) in [6, 6.07) is 83.0. The Morgan fingerprint density at radius 2 is 0.885 bits per heavy atom. The number of nitrogens with zero attached hydrogens (tertiary/aromatic N) is 2. The van der Waals surface area contributed by atoms with Crippen LogP contribution < -0.4 is 4.90 Å². The summed E-state index contributed by atoms with van der Waals surface area (Å²) in [5, 5.41) is 7.19.